The van der Waals surface area contributed by atoms with Crippen molar-refractivity contribution in [2.45, 2.75) is 70.9 Å². The molecule has 11 nitrogen and oxygen atoms in total. The Morgan fingerprint density at radius 3 is 2.58 bits per heavy atom. The number of rotatable bonds is 5. The number of aryl methyl sites for hydroxylation is 3. The first-order valence-corrected chi connectivity index (χ1v) is 15.7. The van der Waals surface area contributed by atoms with Gasteiger partial charge in [0, 0.05) is 42.2 Å². The Kier molecular flexibility index (Phi) is 8.05. The van der Waals surface area contributed by atoms with Gasteiger partial charge in [-0.15, -0.1) is 0 Å². The second-order valence-corrected chi connectivity index (χ2v) is 12.8. The quantitative estimate of drug-likeness (QED) is 0.406. The minimum atomic E-state index is -1.33. The lowest BCUT2D eigenvalue weighted by Gasteiger charge is -2.26. The van der Waals surface area contributed by atoms with Crippen molar-refractivity contribution in [1.29, 1.82) is 0 Å². The molecule has 0 spiro atoms. The van der Waals surface area contributed by atoms with E-state index in [2.05, 4.69) is 10.4 Å². The fourth-order valence-electron chi connectivity index (χ4n) is 7.02. The van der Waals surface area contributed by atoms with Crippen LogP contribution in [0.15, 0.2) is 36.4 Å². The zero-order chi connectivity index (χ0) is 32.0. The number of carboxylic acid groups (broad SMARTS) is 1. The Morgan fingerprint density at radius 2 is 1.87 bits per heavy atom. The predicted molar refractivity (Wildman–Crippen MR) is 168 cm³/mol. The zero-order valence-electron chi connectivity index (χ0n) is 26.5. The van der Waals surface area contributed by atoms with E-state index in [0.29, 0.717) is 42.2 Å². The van der Waals surface area contributed by atoms with Gasteiger partial charge in [-0.1, -0.05) is 12.2 Å². The van der Waals surface area contributed by atoms with Crippen molar-refractivity contribution < 1.29 is 29.0 Å². The molecule has 2 N–H and O–H groups in total. The summed E-state index contributed by atoms with van der Waals surface area (Å²) >= 11 is 0. The summed E-state index contributed by atoms with van der Waals surface area (Å²) in [7, 11) is 3.39. The molecule has 0 unspecified atom stereocenters. The highest BCUT2D eigenvalue weighted by Crippen LogP contribution is 2.47. The number of amides is 2. The van der Waals surface area contributed by atoms with Gasteiger partial charge in [0.1, 0.15) is 23.1 Å². The predicted octanol–water partition coefficient (Wildman–Crippen LogP) is 4.29. The maximum absolute atomic E-state index is 13.8. The number of benzene rings is 1. The van der Waals surface area contributed by atoms with Crippen molar-refractivity contribution in [2.24, 2.45) is 17.8 Å². The summed E-state index contributed by atoms with van der Waals surface area (Å²) in [5, 5.41) is 18.3. The number of aliphatic carboxylic acids is 1. The number of fused-ring (bicyclic) bond motifs is 3. The van der Waals surface area contributed by atoms with Crippen LogP contribution >= 0.6 is 0 Å². The molecule has 0 bridgehead atoms. The van der Waals surface area contributed by atoms with Gasteiger partial charge in [-0.25, -0.2) is 14.5 Å². The number of nitrogens with zero attached hydrogens (tertiary/aromatic N) is 4. The summed E-state index contributed by atoms with van der Waals surface area (Å²) in [5.74, 6) is -1.34. The van der Waals surface area contributed by atoms with Crippen LogP contribution in [0.1, 0.15) is 55.5 Å². The number of pyridine rings is 1. The molecular formula is C34H41N5O6. The van der Waals surface area contributed by atoms with Crippen LogP contribution in [0, 0.1) is 38.5 Å². The van der Waals surface area contributed by atoms with Crippen molar-refractivity contribution in [3.05, 3.63) is 53.4 Å². The second kappa shape index (κ2) is 11.8. The van der Waals surface area contributed by atoms with Crippen LogP contribution in [-0.4, -0.2) is 74.9 Å². The van der Waals surface area contributed by atoms with Gasteiger partial charge in [0.2, 0.25) is 11.8 Å². The minimum absolute atomic E-state index is 0.117. The van der Waals surface area contributed by atoms with E-state index < -0.39 is 35.4 Å². The smallest absolute Gasteiger partial charge is 0.330 e. The molecule has 0 saturated heterocycles. The molecule has 2 aromatic heterocycles. The Morgan fingerprint density at radius 1 is 1.09 bits per heavy atom. The molecule has 45 heavy (non-hydrogen) atoms. The summed E-state index contributed by atoms with van der Waals surface area (Å²) in [6.07, 6.45) is 6.92. The number of nitrogens with one attached hydrogen (secondary N) is 1. The number of aromatic nitrogens is 3. The molecule has 3 aliphatic rings. The van der Waals surface area contributed by atoms with Crippen molar-refractivity contribution in [3.8, 4) is 17.3 Å². The van der Waals surface area contributed by atoms with Crippen molar-refractivity contribution in [3.63, 3.8) is 0 Å². The number of hydrogen-bond acceptors (Lipinski definition) is 7. The molecule has 2 amide bonds. The van der Waals surface area contributed by atoms with Gasteiger partial charge in [0.25, 0.3) is 0 Å². The van der Waals surface area contributed by atoms with E-state index in [1.165, 1.54) is 0 Å². The lowest BCUT2D eigenvalue weighted by Crippen LogP contribution is -2.49. The van der Waals surface area contributed by atoms with E-state index in [4.69, 9.17) is 14.5 Å². The molecule has 2 aliphatic carbocycles. The normalized spacial score (nSPS) is 27.0. The van der Waals surface area contributed by atoms with Crippen LogP contribution < -0.4 is 14.8 Å². The number of hydrogen-bond donors (Lipinski definition) is 2. The zero-order valence-corrected chi connectivity index (χ0v) is 26.5. The first-order valence-electron chi connectivity index (χ1n) is 15.7. The topological polar surface area (TPSA) is 136 Å². The molecule has 3 aromatic rings. The summed E-state index contributed by atoms with van der Waals surface area (Å²) in [4.78, 5) is 46.5. The average molecular weight is 616 g/mol. The Bertz CT molecular complexity index is 1700. The molecule has 0 radical (unpaired) electrons. The summed E-state index contributed by atoms with van der Waals surface area (Å²) in [6, 6.07) is 7.60. The summed E-state index contributed by atoms with van der Waals surface area (Å²) in [6.45, 7) is 6.42. The fourth-order valence-corrected chi connectivity index (χ4v) is 7.02. The van der Waals surface area contributed by atoms with Gasteiger partial charge in [-0.2, -0.15) is 5.10 Å². The molecule has 2 saturated carbocycles. The van der Waals surface area contributed by atoms with Crippen LogP contribution in [0.5, 0.6) is 11.5 Å². The average Bonchev–Trinajstić information content (AvgIpc) is 3.35. The van der Waals surface area contributed by atoms with Gasteiger partial charge >= 0.3 is 5.97 Å². The lowest BCUT2D eigenvalue weighted by atomic mass is 9.93. The van der Waals surface area contributed by atoms with Crippen LogP contribution in [0.2, 0.25) is 0 Å². The first-order chi connectivity index (χ1) is 21.5. The van der Waals surface area contributed by atoms with E-state index in [-0.39, 0.29) is 18.2 Å². The van der Waals surface area contributed by atoms with Crippen molar-refractivity contribution in [2.75, 3.05) is 20.7 Å². The number of ether oxygens (including phenoxy) is 2. The van der Waals surface area contributed by atoms with E-state index >= 15 is 0 Å². The molecular weight excluding hydrogens is 574 g/mol. The van der Waals surface area contributed by atoms with E-state index in [9.17, 15) is 19.5 Å². The number of allylic oxidation sites excluding steroid dienone is 1. The van der Waals surface area contributed by atoms with Gasteiger partial charge in [0.05, 0.1) is 30.2 Å². The van der Waals surface area contributed by atoms with Gasteiger partial charge < -0.3 is 24.8 Å². The minimum Gasteiger partial charge on any atom is -0.496 e. The molecule has 6 rings (SSSR count). The highest BCUT2D eigenvalue weighted by Gasteiger charge is 2.61. The van der Waals surface area contributed by atoms with Gasteiger partial charge in [-0.05, 0) is 77.5 Å². The van der Waals surface area contributed by atoms with Crippen LogP contribution in [0.3, 0.4) is 0 Å². The van der Waals surface area contributed by atoms with E-state index in [1.807, 2.05) is 57.2 Å². The molecule has 1 aliphatic heterocycles. The third-order valence-electron chi connectivity index (χ3n) is 9.65. The monoisotopic (exact) mass is 615 g/mol. The summed E-state index contributed by atoms with van der Waals surface area (Å²) in [5.41, 5.74) is 2.00. The number of methoxy groups -OCH3 is 1. The lowest BCUT2D eigenvalue weighted by molar-refractivity contribution is -0.145. The Labute approximate surface area is 262 Å². The third kappa shape index (κ3) is 5.64. The van der Waals surface area contributed by atoms with E-state index in [0.717, 1.165) is 41.6 Å². The number of carboxylic acids is 1. The first kappa shape index (κ1) is 30.6. The SMILES string of the molecule is COc1ccc2c(O[C@@H]3C[C@H]4C(=O)N[C@]5(C(=O)O)C[C@H]5C=CCCCCN(C)C(=O)[C@@H]4C3)cc(-n3nc(C)cc3C)nc2c1C. The Balaban J connectivity index is 1.36. The highest BCUT2D eigenvalue weighted by atomic mass is 16.5. The number of carbonyl (C=O) groups excluding carboxylic acids is 2. The van der Waals surface area contributed by atoms with Crippen molar-refractivity contribution in [1.82, 2.24) is 25.0 Å². The highest BCUT2D eigenvalue weighted by molar-refractivity contribution is 5.94. The van der Waals surface area contributed by atoms with Crippen LogP contribution in [0.25, 0.3) is 16.7 Å². The van der Waals surface area contributed by atoms with Crippen LogP contribution in [-0.2, 0) is 14.4 Å². The molecule has 238 valence electrons. The molecule has 1 aromatic carbocycles. The molecule has 3 heterocycles. The third-order valence-corrected chi connectivity index (χ3v) is 9.65. The Hall–Kier alpha value is -4.41. The maximum atomic E-state index is 13.8. The maximum Gasteiger partial charge on any atom is 0.330 e. The van der Waals surface area contributed by atoms with Crippen LogP contribution in [0.4, 0.5) is 0 Å². The number of carbonyl (C=O) groups is 3. The molecule has 11 heteroatoms. The van der Waals surface area contributed by atoms with E-state index in [1.54, 1.807) is 23.7 Å². The fraction of sp³-hybridized carbons (Fsp3) is 0.500. The largest absolute Gasteiger partial charge is 0.496 e. The standard InChI is InChI=1S/C34H41N5O6/c1-19-14-20(2)39(37-19)29-17-28(24-11-12-27(44-5)21(3)30(24)35-29)45-23-15-25-26(16-23)32(41)38(4)13-9-7-6-8-10-22-18-34(22,33(42)43)36-31(25)40/h8,10-12,14,17,22-23,25-26H,6-7,9,13,15-16,18H2,1-5H3,(H,36,40)(H,42,43)/t22-,23-,25-,26-,34-/m1/s1. The van der Waals surface area contributed by atoms with Crippen molar-refractivity contribution >= 4 is 28.7 Å². The molecule has 2 fully saturated rings. The summed E-state index contributed by atoms with van der Waals surface area (Å²) < 4.78 is 14.0. The second-order valence-electron chi connectivity index (χ2n) is 12.8. The molecule has 5 atom stereocenters. The van der Waals surface area contributed by atoms with Gasteiger partial charge in [-0.3, -0.25) is 9.59 Å². The van der Waals surface area contributed by atoms with Gasteiger partial charge in [0.15, 0.2) is 5.82 Å².